The molecule has 0 aliphatic carbocycles. The van der Waals surface area contributed by atoms with Crippen LogP contribution in [-0.4, -0.2) is 99.5 Å². The summed E-state index contributed by atoms with van der Waals surface area (Å²) >= 11 is 0. The van der Waals surface area contributed by atoms with Gasteiger partial charge < -0.3 is 29.4 Å². The van der Waals surface area contributed by atoms with Crippen LogP contribution in [0.15, 0.2) is 0 Å². The van der Waals surface area contributed by atoms with E-state index in [1.54, 1.807) is 0 Å². The van der Waals surface area contributed by atoms with E-state index >= 15 is 0 Å². The summed E-state index contributed by atoms with van der Waals surface area (Å²) in [4.78, 5) is 43.1. The van der Waals surface area contributed by atoms with Crippen molar-refractivity contribution in [2.75, 3.05) is 0 Å². The molecule has 0 aromatic carbocycles. The standard InChI is InChI=1S/Mg.Na.2H3O4P.H2O4S.3H/c;;3*1-5(2,3)4;;;/h;;2*(H3,1,2,3,4);(H2,1,2,3,4);;;. The van der Waals surface area contributed by atoms with Crippen LogP contribution < -0.4 is 0 Å². The van der Waals surface area contributed by atoms with Crippen molar-refractivity contribution < 1.29 is 56.0 Å². The Morgan fingerprint density at radius 2 is 0.706 bits per heavy atom. The normalized spacial score (nSPS) is 10.4. The molecule has 0 saturated heterocycles. The Bertz CT molecular complexity index is 289. The molecule has 0 radical (unpaired) electrons. The van der Waals surface area contributed by atoms with Gasteiger partial charge in [-0.05, 0) is 0 Å². The average molecular weight is 344 g/mol. The molecule has 102 valence electrons. The van der Waals surface area contributed by atoms with E-state index in [-0.39, 0.29) is 52.6 Å². The van der Waals surface area contributed by atoms with E-state index < -0.39 is 26.0 Å². The molecule has 0 rings (SSSR count). The van der Waals surface area contributed by atoms with Crippen molar-refractivity contribution in [1.29, 1.82) is 0 Å². The zero-order valence-electron chi connectivity index (χ0n) is 6.51. The van der Waals surface area contributed by atoms with Crippen LogP contribution in [0.2, 0.25) is 0 Å². The van der Waals surface area contributed by atoms with Gasteiger partial charge in [0.25, 0.3) is 0 Å². The van der Waals surface area contributed by atoms with Crippen molar-refractivity contribution in [3.8, 4) is 0 Å². The maximum atomic E-state index is 8.88. The van der Waals surface area contributed by atoms with Gasteiger partial charge in [0.2, 0.25) is 0 Å². The van der Waals surface area contributed by atoms with Gasteiger partial charge in [-0.3, -0.25) is 9.11 Å². The summed E-state index contributed by atoms with van der Waals surface area (Å²) in [6.07, 6.45) is 0. The van der Waals surface area contributed by atoms with Crippen LogP contribution in [-0.2, 0) is 19.5 Å². The Hall–Kier alpha value is 1.86. The van der Waals surface area contributed by atoms with E-state index in [4.69, 9.17) is 56.0 Å². The number of hydrogen-bond donors (Lipinski definition) is 8. The predicted molar refractivity (Wildman–Crippen MR) is 58.4 cm³/mol. The zero-order valence-corrected chi connectivity index (χ0v) is 9.12. The minimum atomic E-state index is -4.67. The van der Waals surface area contributed by atoms with Gasteiger partial charge >= 0.3 is 78.7 Å². The molecule has 0 amide bonds. The molecule has 0 aliphatic heterocycles. The fraction of sp³-hybridized carbons (Fsp3) is 0. The summed E-state index contributed by atoms with van der Waals surface area (Å²) in [7, 11) is -13.9. The van der Waals surface area contributed by atoms with Crippen LogP contribution in [0.25, 0.3) is 0 Å². The third-order valence-electron chi connectivity index (χ3n) is 0. The van der Waals surface area contributed by atoms with Crippen molar-refractivity contribution in [3.05, 3.63) is 0 Å². The maximum absolute atomic E-state index is 8.88. The van der Waals surface area contributed by atoms with E-state index in [0.717, 1.165) is 0 Å². The fourth-order valence-electron chi connectivity index (χ4n) is 0. The van der Waals surface area contributed by atoms with Gasteiger partial charge in [-0.25, -0.2) is 9.13 Å². The zero-order chi connectivity index (χ0) is 13.5. The quantitative estimate of drug-likeness (QED) is 0.119. The van der Waals surface area contributed by atoms with Crippen molar-refractivity contribution in [3.63, 3.8) is 0 Å². The van der Waals surface area contributed by atoms with Crippen LogP contribution in [0, 0.1) is 0 Å². The summed E-state index contributed by atoms with van der Waals surface area (Å²) in [5.74, 6) is 0. The Morgan fingerprint density at radius 3 is 0.706 bits per heavy atom. The molecule has 0 saturated carbocycles. The Morgan fingerprint density at radius 1 is 0.706 bits per heavy atom. The van der Waals surface area contributed by atoms with Crippen molar-refractivity contribution >= 4 is 78.7 Å². The molecule has 8 N–H and O–H groups in total. The molecular weight excluding hydrogens is 333 g/mol. The van der Waals surface area contributed by atoms with Crippen LogP contribution >= 0.6 is 15.6 Å². The Labute approximate surface area is 134 Å². The molecule has 0 heterocycles. The fourth-order valence-corrected chi connectivity index (χ4v) is 0. The summed E-state index contributed by atoms with van der Waals surface area (Å²) in [6, 6.07) is 0. The molecule has 0 unspecified atom stereocenters. The van der Waals surface area contributed by atoms with Crippen molar-refractivity contribution in [2.24, 2.45) is 0 Å². The molecule has 0 spiro atoms. The third-order valence-corrected chi connectivity index (χ3v) is 0. The first-order valence-corrected chi connectivity index (χ1v) is 6.79. The Balaban J connectivity index is -0.0000000400. The molecule has 0 aromatic rings. The van der Waals surface area contributed by atoms with Crippen LogP contribution in [0.4, 0.5) is 0 Å². The Kier molecular flexibility index (Phi) is 23.7. The molecule has 12 nitrogen and oxygen atoms in total. The molecule has 0 fully saturated rings. The van der Waals surface area contributed by atoms with Crippen LogP contribution in [0.1, 0.15) is 0 Å². The molecule has 17 heavy (non-hydrogen) atoms. The topological polar surface area (TPSA) is 230 Å². The van der Waals surface area contributed by atoms with Gasteiger partial charge in [-0.1, -0.05) is 0 Å². The van der Waals surface area contributed by atoms with Gasteiger partial charge in [-0.2, -0.15) is 8.42 Å². The number of phosphoric acid groups is 2. The first-order chi connectivity index (χ1) is 6.00. The van der Waals surface area contributed by atoms with Gasteiger partial charge in [0.15, 0.2) is 0 Å². The molecular formula is H11MgNaO12P2S. The minimum absolute atomic E-state index is 0. The van der Waals surface area contributed by atoms with Crippen molar-refractivity contribution in [2.45, 2.75) is 0 Å². The van der Waals surface area contributed by atoms with Crippen LogP contribution in [0.5, 0.6) is 0 Å². The van der Waals surface area contributed by atoms with E-state index in [1.807, 2.05) is 0 Å². The van der Waals surface area contributed by atoms with E-state index in [0.29, 0.717) is 0 Å². The number of hydrogen-bond acceptors (Lipinski definition) is 4. The summed E-state index contributed by atoms with van der Waals surface area (Å²) in [5.41, 5.74) is 0. The monoisotopic (exact) mass is 344 g/mol. The summed E-state index contributed by atoms with van der Waals surface area (Å²) in [6.45, 7) is 0. The SMILES string of the molecule is O=P(O)(O)O.O=P(O)(O)O.O=S(=O)(O)O.[MgH2].[NaH]. The van der Waals surface area contributed by atoms with Gasteiger partial charge in [0.05, 0.1) is 0 Å². The predicted octanol–water partition coefficient (Wildman–Crippen LogP) is -4.07. The number of rotatable bonds is 0. The van der Waals surface area contributed by atoms with Gasteiger partial charge in [0.1, 0.15) is 0 Å². The van der Waals surface area contributed by atoms with Crippen molar-refractivity contribution in [1.82, 2.24) is 0 Å². The second-order valence-corrected chi connectivity index (χ2v) is 4.42. The van der Waals surface area contributed by atoms with Crippen LogP contribution in [0.3, 0.4) is 0 Å². The van der Waals surface area contributed by atoms with E-state index in [1.165, 1.54) is 0 Å². The molecule has 0 aromatic heterocycles. The summed E-state index contributed by atoms with van der Waals surface area (Å²) < 4.78 is 49.3. The first kappa shape index (κ1) is 31.3. The van der Waals surface area contributed by atoms with E-state index in [9.17, 15) is 0 Å². The first-order valence-electron chi connectivity index (χ1n) is 2.26. The third kappa shape index (κ3) is 1300. The molecule has 0 bridgehead atoms. The summed E-state index contributed by atoms with van der Waals surface area (Å²) in [5, 5.41) is 0. The van der Waals surface area contributed by atoms with Gasteiger partial charge in [0, 0.05) is 0 Å². The molecule has 0 aliphatic rings. The second-order valence-electron chi connectivity index (χ2n) is 1.47. The molecule has 0 atom stereocenters. The second kappa shape index (κ2) is 12.9. The molecule has 17 heteroatoms. The van der Waals surface area contributed by atoms with Gasteiger partial charge in [-0.15, -0.1) is 0 Å². The average Bonchev–Trinajstić information content (AvgIpc) is 1.41. The van der Waals surface area contributed by atoms with E-state index in [2.05, 4.69) is 0 Å².